The van der Waals surface area contributed by atoms with Gasteiger partial charge in [0, 0.05) is 25.8 Å². The highest BCUT2D eigenvalue weighted by atomic mass is 15.2. The lowest BCUT2D eigenvalue weighted by Gasteiger charge is -2.24. The highest BCUT2D eigenvalue weighted by Gasteiger charge is 2.16. The minimum absolute atomic E-state index is 0.553. The van der Waals surface area contributed by atoms with E-state index in [2.05, 4.69) is 47.1 Å². The normalized spacial score (nSPS) is 14.8. The molecule has 2 N–H and O–H groups in total. The number of pyridine rings is 1. The highest BCUT2D eigenvalue weighted by Crippen LogP contribution is 2.25. The van der Waals surface area contributed by atoms with Crippen LogP contribution in [0.3, 0.4) is 0 Å². The summed E-state index contributed by atoms with van der Waals surface area (Å²) in [6.45, 7) is 4.69. The maximum atomic E-state index is 5.68. The molecule has 0 fully saturated rings. The number of hydrogen-bond acceptors (Lipinski definition) is 3. The predicted molar refractivity (Wildman–Crippen MR) is 82.7 cm³/mol. The number of aryl methyl sites for hydroxylation is 2. The van der Waals surface area contributed by atoms with Crippen molar-refractivity contribution < 1.29 is 0 Å². The first-order chi connectivity index (χ1) is 9.78. The molecule has 2 heterocycles. The summed E-state index contributed by atoms with van der Waals surface area (Å²) in [5.41, 5.74) is 10.9. The first-order valence-electron chi connectivity index (χ1n) is 7.25. The van der Waals surface area contributed by atoms with Crippen LogP contribution >= 0.6 is 0 Å². The molecule has 0 unspecified atom stereocenters. The molecule has 1 aromatic heterocycles. The molecule has 2 aromatic rings. The molecule has 1 aromatic carbocycles. The zero-order valence-electron chi connectivity index (χ0n) is 12.0. The van der Waals surface area contributed by atoms with Gasteiger partial charge < -0.3 is 10.6 Å². The van der Waals surface area contributed by atoms with Gasteiger partial charge in [0.2, 0.25) is 0 Å². The van der Waals surface area contributed by atoms with Crippen molar-refractivity contribution in [3.05, 3.63) is 58.8 Å². The molecule has 1 aliphatic heterocycles. The van der Waals surface area contributed by atoms with Gasteiger partial charge in [-0.25, -0.2) is 4.98 Å². The lowest BCUT2D eigenvalue weighted by Crippen LogP contribution is -2.24. The molecule has 0 spiro atoms. The fourth-order valence-corrected chi connectivity index (χ4v) is 2.95. The molecule has 1 aliphatic rings. The Morgan fingerprint density at radius 3 is 2.80 bits per heavy atom. The SMILES string of the molecule is Cc1cc(CN)cnc1N1CCCc2ccccc2C1. The van der Waals surface area contributed by atoms with Crippen LogP contribution < -0.4 is 10.6 Å². The molecule has 0 bridgehead atoms. The van der Waals surface area contributed by atoms with Gasteiger partial charge in [-0.3, -0.25) is 0 Å². The zero-order chi connectivity index (χ0) is 13.9. The van der Waals surface area contributed by atoms with Crippen LogP contribution in [0, 0.1) is 6.92 Å². The number of aromatic nitrogens is 1. The van der Waals surface area contributed by atoms with Crippen LogP contribution in [0.25, 0.3) is 0 Å². The van der Waals surface area contributed by atoms with Crippen molar-refractivity contribution in [2.24, 2.45) is 5.73 Å². The fraction of sp³-hybridized carbons (Fsp3) is 0.353. The van der Waals surface area contributed by atoms with Crippen LogP contribution in [0.5, 0.6) is 0 Å². The van der Waals surface area contributed by atoms with E-state index in [1.807, 2.05) is 6.20 Å². The van der Waals surface area contributed by atoms with Crippen LogP contribution in [0.15, 0.2) is 36.5 Å². The molecule has 3 heteroatoms. The average molecular weight is 267 g/mol. The van der Waals surface area contributed by atoms with E-state index in [1.165, 1.54) is 23.1 Å². The molecule has 3 rings (SSSR count). The molecular weight excluding hydrogens is 246 g/mol. The van der Waals surface area contributed by atoms with E-state index in [-0.39, 0.29) is 0 Å². The van der Waals surface area contributed by atoms with E-state index in [4.69, 9.17) is 5.73 Å². The third-order valence-electron chi connectivity index (χ3n) is 4.00. The third kappa shape index (κ3) is 2.54. The lowest BCUT2D eigenvalue weighted by molar-refractivity contribution is 0.750. The van der Waals surface area contributed by atoms with Crippen LogP contribution in [0.1, 0.15) is 28.7 Å². The Morgan fingerprint density at radius 2 is 2.05 bits per heavy atom. The summed E-state index contributed by atoms with van der Waals surface area (Å²) < 4.78 is 0. The third-order valence-corrected chi connectivity index (χ3v) is 4.00. The van der Waals surface area contributed by atoms with E-state index >= 15 is 0 Å². The largest absolute Gasteiger partial charge is 0.352 e. The van der Waals surface area contributed by atoms with Crippen LogP contribution in [0.4, 0.5) is 5.82 Å². The van der Waals surface area contributed by atoms with Gasteiger partial charge in [-0.05, 0) is 48.1 Å². The van der Waals surface area contributed by atoms with Gasteiger partial charge in [0.15, 0.2) is 0 Å². The summed E-state index contributed by atoms with van der Waals surface area (Å²) in [6, 6.07) is 10.9. The molecule has 0 radical (unpaired) electrons. The lowest BCUT2D eigenvalue weighted by atomic mass is 10.0. The Morgan fingerprint density at radius 1 is 1.25 bits per heavy atom. The van der Waals surface area contributed by atoms with E-state index in [0.29, 0.717) is 6.54 Å². The molecule has 0 saturated carbocycles. The van der Waals surface area contributed by atoms with Gasteiger partial charge in [0.05, 0.1) is 0 Å². The van der Waals surface area contributed by atoms with Crippen LogP contribution in [-0.2, 0) is 19.5 Å². The van der Waals surface area contributed by atoms with E-state index in [0.717, 1.165) is 30.9 Å². The van der Waals surface area contributed by atoms with Gasteiger partial charge in [-0.15, -0.1) is 0 Å². The summed E-state index contributed by atoms with van der Waals surface area (Å²) in [4.78, 5) is 7.02. The first kappa shape index (κ1) is 13.1. The smallest absolute Gasteiger partial charge is 0.131 e. The number of nitrogens with zero attached hydrogens (tertiary/aromatic N) is 2. The number of benzene rings is 1. The quantitative estimate of drug-likeness (QED) is 0.909. The van der Waals surface area contributed by atoms with Crippen LogP contribution in [0.2, 0.25) is 0 Å². The minimum atomic E-state index is 0.553. The van der Waals surface area contributed by atoms with Gasteiger partial charge >= 0.3 is 0 Å². The second-order valence-corrected chi connectivity index (χ2v) is 5.48. The number of hydrogen-bond donors (Lipinski definition) is 1. The van der Waals surface area contributed by atoms with Gasteiger partial charge in [0.25, 0.3) is 0 Å². The van der Waals surface area contributed by atoms with Gasteiger partial charge in [-0.2, -0.15) is 0 Å². The van der Waals surface area contributed by atoms with Crippen molar-refractivity contribution in [2.75, 3.05) is 11.4 Å². The average Bonchev–Trinajstić information content (AvgIpc) is 2.69. The monoisotopic (exact) mass is 267 g/mol. The van der Waals surface area contributed by atoms with Crippen molar-refractivity contribution in [3.63, 3.8) is 0 Å². The molecule has 0 aliphatic carbocycles. The number of fused-ring (bicyclic) bond motifs is 1. The molecule has 0 saturated heterocycles. The molecule has 20 heavy (non-hydrogen) atoms. The topological polar surface area (TPSA) is 42.1 Å². The van der Waals surface area contributed by atoms with Crippen molar-refractivity contribution in [1.82, 2.24) is 4.98 Å². The Hall–Kier alpha value is -1.87. The minimum Gasteiger partial charge on any atom is -0.352 e. The van der Waals surface area contributed by atoms with Crippen molar-refractivity contribution in [3.8, 4) is 0 Å². The Kier molecular flexibility index (Phi) is 3.70. The van der Waals surface area contributed by atoms with Crippen LogP contribution in [-0.4, -0.2) is 11.5 Å². The summed E-state index contributed by atoms with van der Waals surface area (Å²) in [5, 5.41) is 0. The van der Waals surface area contributed by atoms with Crippen molar-refractivity contribution >= 4 is 5.82 Å². The highest BCUT2D eigenvalue weighted by molar-refractivity contribution is 5.49. The zero-order valence-corrected chi connectivity index (χ0v) is 12.0. The van der Waals surface area contributed by atoms with Gasteiger partial charge in [0.1, 0.15) is 5.82 Å². The second-order valence-electron chi connectivity index (χ2n) is 5.48. The molecular formula is C17H21N3. The van der Waals surface area contributed by atoms with E-state index < -0.39 is 0 Å². The summed E-state index contributed by atoms with van der Waals surface area (Å²) >= 11 is 0. The maximum absolute atomic E-state index is 5.68. The molecule has 3 nitrogen and oxygen atoms in total. The second kappa shape index (κ2) is 5.63. The predicted octanol–water partition coefficient (Wildman–Crippen LogP) is 2.80. The summed E-state index contributed by atoms with van der Waals surface area (Å²) in [6.07, 6.45) is 4.24. The number of nitrogens with two attached hydrogens (primary N) is 1. The Labute approximate surface area is 120 Å². The van der Waals surface area contributed by atoms with E-state index in [9.17, 15) is 0 Å². The first-order valence-corrected chi connectivity index (χ1v) is 7.25. The maximum Gasteiger partial charge on any atom is 0.131 e. The standard InChI is InChI=1S/C17H21N3/c1-13-9-14(10-18)11-19-17(13)20-8-4-7-15-5-2-3-6-16(15)12-20/h2-3,5-6,9,11H,4,7-8,10,12,18H2,1H3. The summed E-state index contributed by atoms with van der Waals surface area (Å²) in [7, 11) is 0. The van der Waals surface area contributed by atoms with E-state index in [1.54, 1.807) is 0 Å². The molecule has 0 atom stereocenters. The molecule has 0 amide bonds. The molecule has 104 valence electrons. The fourth-order valence-electron chi connectivity index (χ4n) is 2.95. The van der Waals surface area contributed by atoms with Crippen molar-refractivity contribution in [2.45, 2.75) is 32.9 Å². The Bertz CT molecular complexity index is 607. The van der Waals surface area contributed by atoms with Crippen molar-refractivity contribution in [1.29, 1.82) is 0 Å². The number of anilines is 1. The Balaban J connectivity index is 1.91. The van der Waals surface area contributed by atoms with Gasteiger partial charge in [-0.1, -0.05) is 24.3 Å². The summed E-state index contributed by atoms with van der Waals surface area (Å²) in [5.74, 6) is 1.10. The number of rotatable bonds is 2.